The molecular weight excluding hydrogens is 715 g/mol. The molecule has 0 bridgehead atoms. The fraction of sp³-hybridized carbons (Fsp3) is 0.179. The van der Waals surface area contributed by atoms with Crippen LogP contribution < -0.4 is 5.32 Å². The summed E-state index contributed by atoms with van der Waals surface area (Å²) in [6.45, 7) is 13.9. The van der Waals surface area contributed by atoms with Gasteiger partial charge in [-0.1, -0.05) is 193 Å². The minimum absolute atomic E-state index is 0.0117. The predicted octanol–water partition coefficient (Wildman–Crippen LogP) is 13.4. The van der Waals surface area contributed by atoms with Gasteiger partial charge in [0, 0.05) is 11.1 Å². The standard InChI is InChI=1S/C56H47N3/c1-54(2,3)39-25-28-44-45-29-26-40(55(4,5)6)33-50(45)56(49(44)32-39)47-19-13-12-18-42(47)43-27-24-38(31-48(43)56)53-58-51(36-15-8-7-9-16-36)57-52(59-53)37-23-22-35-21-20-34-14-10-11-17-41(34)46(35)30-37/h7-33,53H,1-6H3,(H,57,58,59). The van der Waals surface area contributed by atoms with Crippen LogP contribution >= 0.6 is 0 Å². The van der Waals surface area contributed by atoms with Crippen molar-refractivity contribution in [2.75, 3.05) is 0 Å². The Morgan fingerprint density at radius 2 is 0.949 bits per heavy atom. The van der Waals surface area contributed by atoms with Crippen LogP contribution in [-0.2, 0) is 16.2 Å². The maximum Gasteiger partial charge on any atom is 0.169 e. The maximum absolute atomic E-state index is 5.47. The number of amidine groups is 2. The summed E-state index contributed by atoms with van der Waals surface area (Å²) in [7, 11) is 0. The van der Waals surface area contributed by atoms with E-state index in [1.54, 1.807) is 0 Å². The number of hydrogen-bond donors (Lipinski definition) is 1. The third kappa shape index (κ3) is 5.41. The zero-order valence-electron chi connectivity index (χ0n) is 34.6. The quantitative estimate of drug-likeness (QED) is 0.179. The molecule has 8 aromatic carbocycles. The lowest BCUT2D eigenvalue weighted by Crippen LogP contribution is -2.36. The van der Waals surface area contributed by atoms with Crippen molar-refractivity contribution in [3.8, 4) is 22.3 Å². The molecule has 1 heterocycles. The number of fused-ring (bicyclic) bond motifs is 13. The Labute approximate surface area is 347 Å². The Balaban J connectivity index is 1.15. The largest absolute Gasteiger partial charge is 0.324 e. The van der Waals surface area contributed by atoms with Crippen molar-refractivity contribution in [3.63, 3.8) is 0 Å². The van der Waals surface area contributed by atoms with Gasteiger partial charge in [-0.25, -0.2) is 9.98 Å². The Bertz CT molecular complexity index is 3030. The van der Waals surface area contributed by atoms with Crippen LogP contribution in [-0.4, -0.2) is 11.7 Å². The van der Waals surface area contributed by atoms with Gasteiger partial charge in [-0.15, -0.1) is 0 Å². The van der Waals surface area contributed by atoms with Crippen molar-refractivity contribution in [3.05, 3.63) is 214 Å². The van der Waals surface area contributed by atoms with Crippen molar-refractivity contribution < 1.29 is 0 Å². The fourth-order valence-electron chi connectivity index (χ4n) is 9.93. The minimum Gasteiger partial charge on any atom is -0.324 e. The lowest BCUT2D eigenvalue weighted by molar-refractivity contribution is 0.586. The van der Waals surface area contributed by atoms with Crippen LogP contribution in [0.25, 0.3) is 43.8 Å². The molecule has 2 aliphatic carbocycles. The third-order valence-corrected chi connectivity index (χ3v) is 13.0. The average molecular weight is 762 g/mol. The van der Waals surface area contributed by atoms with Crippen LogP contribution in [0.3, 0.4) is 0 Å². The van der Waals surface area contributed by atoms with Gasteiger partial charge in [0.15, 0.2) is 6.17 Å². The Hall–Kier alpha value is -6.58. The first kappa shape index (κ1) is 35.6. The van der Waals surface area contributed by atoms with E-state index in [-0.39, 0.29) is 10.8 Å². The average Bonchev–Trinajstić information content (AvgIpc) is 3.72. The van der Waals surface area contributed by atoms with Gasteiger partial charge in [-0.2, -0.15) is 0 Å². The zero-order chi connectivity index (χ0) is 40.3. The molecule has 0 aromatic heterocycles. The van der Waals surface area contributed by atoms with E-state index in [0.717, 1.165) is 28.4 Å². The van der Waals surface area contributed by atoms with Crippen LogP contribution in [0.5, 0.6) is 0 Å². The molecular formula is C56H47N3. The highest BCUT2D eigenvalue weighted by atomic mass is 15.2. The van der Waals surface area contributed by atoms with E-state index in [9.17, 15) is 0 Å². The summed E-state index contributed by atoms with van der Waals surface area (Å²) in [4.78, 5) is 10.9. The molecule has 8 aromatic rings. The lowest BCUT2D eigenvalue weighted by atomic mass is 9.68. The van der Waals surface area contributed by atoms with Crippen molar-refractivity contribution >= 4 is 33.2 Å². The number of nitrogens with one attached hydrogen (secondary N) is 1. The monoisotopic (exact) mass is 761 g/mol. The molecule has 3 nitrogen and oxygen atoms in total. The first-order valence-electron chi connectivity index (χ1n) is 20.9. The van der Waals surface area contributed by atoms with E-state index < -0.39 is 11.6 Å². The first-order chi connectivity index (χ1) is 28.5. The summed E-state index contributed by atoms with van der Waals surface area (Å²) in [5, 5.41) is 8.57. The zero-order valence-corrected chi connectivity index (χ0v) is 34.6. The molecule has 1 aliphatic heterocycles. The van der Waals surface area contributed by atoms with E-state index in [1.807, 2.05) is 0 Å². The molecule has 286 valence electrons. The summed E-state index contributed by atoms with van der Waals surface area (Å²) >= 11 is 0. The van der Waals surface area contributed by atoms with Gasteiger partial charge in [-0.3, -0.25) is 0 Å². The number of aliphatic imine (C=N–C) groups is 2. The molecule has 1 unspecified atom stereocenters. The highest BCUT2D eigenvalue weighted by Gasteiger charge is 2.52. The molecule has 1 spiro atoms. The van der Waals surface area contributed by atoms with Gasteiger partial charge < -0.3 is 5.32 Å². The molecule has 3 aliphatic rings. The van der Waals surface area contributed by atoms with E-state index in [0.29, 0.717) is 0 Å². The molecule has 0 fully saturated rings. The Morgan fingerprint density at radius 1 is 0.424 bits per heavy atom. The summed E-state index contributed by atoms with van der Waals surface area (Å²) in [5.41, 5.74) is 15.9. The smallest absolute Gasteiger partial charge is 0.169 e. The van der Waals surface area contributed by atoms with E-state index in [1.165, 1.54) is 77.2 Å². The second-order valence-electron chi connectivity index (χ2n) is 18.7. The molecule has 0 amide bonds. The molecule has 3 heteroatoms. The van der Waals surface area contributed by atoms with Crippen LogP contribution in [0.2, 0.25) is 0 Å². The molecule has 0 saturated carbocycles. The van der Waals surface area contributed by atoms with Crippen LogP contribution in [0.1, 0.15) is 97.8 Å². The lowest BCUT2D eigenvalue weighted by Gasteiger charge is -2.33. The van der Waals surface area contributed by atoms with Gasteiger partial charge in [0.1, 0.15) is 11.7 Å². The van der Waals surface area contributed by atoms with Crippen molar-refractivity contribution in [1.29, 1.82) is 0 Å². The second-order valence-corrected chi connectivity index (χ2v) is 18.7. The predicted molar refractivity (Wildman–Crippen MR) is 247 cm³/mol. The summed E-state index contributed by atoms with van der Waals surface area (Å²) in [6.07, 6.45) is -0.460. The van der Waals surface area contributed by atoms with Gasteiger partial charge in [-0.05, 0) is 106 Å². The number of hydrogen-bond acceptors (Lipinski definition) is 3. The molecule has 1 atom stereocenters. The summed E-state index contributed by atoms with van der Waals surface area (Å²) in [5.74, 6) is 1.64. The molecule has 0 saturated heterocycles. The minimum atomic E-state index is -0.500. The fourth-order valence-corrected chi connectivity index (χ4v) is 9.93. The van der Waals surface area contributed by atoms with Crippen LogP contribution in [0, 0.1) is 0 Å². The Kier molecular flexibility index (Phi) is 7.66. The Morgan fingerprint density at radius 3 is 1.63 bits per heavy atom. The van der Waals surface area contributed by atoms with Crippen molar-refractivity contribution in [2.24, 2.45) is 9.98 Å². The van der Waals surface area contributed by atoms with Crippen molar-refractivity contribution in [1.82, 2.24) is 5.32 Å². The molecule has 0 radical (unpaired) electrons. The van der Waals surface area contributed by atoms with Gasteiger partial charge in [0.25, 0.3) is 0 Å². The number of rotatable bonds is 3. The van der Waals surface area contributed by atoms with Gasteiger partial charge in [0.05, 0.1) is 5.41 Å². The summed E-state index contributed by atoms with van der Waals surface area (Å²) < 4.78 is 0. The molecule has 1 N–H and O–H groups in total. The topological polar surface area (TPSA) is 36.8 Å². The van der Waals surface area contributed by atoms with Crippen LogP contribution in [0.4, 0.5) is 0 Å². The van der Waals surface area contributed by atoms with Crippen molar-refractivity contribution in [2.45, 2.75) is 64.0 Å². The highest BCUT2D eigenvalue weighted by Crippen LogP contribution is 2.63. The van der Waals surface area contributed by atoms with Gasteiger partial charge in [0.2, 0.25) is 0 Å². The van der Waals surface area contributed by atoms with E-state index in [4.69, 9.17) is 9.98 Å². The summed E-state index contributed by atoms with van der Waals surface area (Å²) in [6, 6.07) is 60.8. The van der Waals surface area contributed by atoms with E-state index in [2.05, 4.69) is 211 Å². The molecule has 11 rings (SSSR count). The second kappa shape index (κ2) is 12.7. The number of nitrogens with zero attached hydrogens (tertiary/aromatic N) is 2. The third-order valence-electron chi connectivity index (χ3n) is 13.0. The van der Waals surface area contributed by atoms with Crippen LogP contribution in [0.15, 0.2) is 174 Å². The highest BCUT2D eigenvalue weighted by molar-refractivity contribution is 6.18. The number of benzene rings is 8. The van der Waals surface area contributed by atoms with E-state index >= 15 is 0 Å². The first-order valence-corrected chi connectivity index (χ1v) is 20.9. The maximum atomic E-state index is 5.47. The normalized spacial score (nSPS) is 16.3. The van der Waals surface area contributed by atoms with Gasteiger partial charge >= 0.3 is 0 Å². The SMILES string of the molecule is CC(C)(C)c1ccc2c(c1)C1(c3ccccc3-c3ccc(C4N=C(c5ccccc5)NC(c5ccc6ccc7ccccc7c6c5)=N4)cc31)c1cc(C(C)(C)C)ccc1-2. The molecule has 59 heavy (non-hydrogen) atoms.